The summed E-state index contributed by atoms with van der Waals surface area (Å²) in [5.74, 6) is 0.782. The van der Waals surface area contributed by atoms with Gasteiger partial charge in [0.1, 0.15) is 5.75 Å². The van der Waals surface area contributed by atoms with Crippen LogP contribution >= 0.6 is 12.4 Å². The Labute approximate surface area is 138 Å². The van der Waals surface area contributed by atoms with E-state index in [1.165, 1.54) is 19.3 Å². The number of rotatable bonds is 3. The topological polar surface area (TPSA) is 55.6 Å². The maximum Gasteiger partial charge on any atom is 0.257 e. The van der Waals surface area contributed by atoms with Crippen molar-refractivity contribution in [3.8, 4) is 5.75 Å². The third-order valence-electron chi connectivity index (χ3n) is 4.48. The van der Waals surface area contributed by atoms with Crippen LogP contribution in [0.1, 0.15) is 48.9 Å². The van der Waals surface area contributed by atoms with Gasteiger partial charge in [0.15, 0.2) is 0 Å². The van der Waals surface area contributed by atoms with E-state index in [-0.39, 0.29) is 30.5 Å². The molecule has 2 fully saturated rings. The Morgan fingerprint density at radius 3 is 2.55 bits per heavy atom. The first-order valence-electron chi connectivity index (χ1n) is 8.04. The van der Waals surface area contributed by atoms with Gasteiger partial charge in [-0.05, 0) is 44.2 Å². The van der Waals surface area contributed by atoms with E-state index in [1.54, 1.807) is 0 Å². The zero-order valence-electron chi connectivity index (χ0n) is 12.9. The average molecular weight is 325 g/mol. The maximum absolute atomic E-state index is 12.6. The predicted molar refractivity (Wildman–Crippen MR) is 89.7 cm³/mol. The molecule has 1 amide bonds. The summed E-state index contributed by atoms with van der Waals surface area (Å²) in [4.78, 5) is 14.5. The summed E-state index contributed by atoms with van der Waals surface area (Å²) >= 11 is 0. The van der Waals surface area contributed by atoms with E-state index in [0.717, 1.165) is 31.6 Å². The largest absolute Gasteiger partial charge is 0.490 e. The molecule has 0 unspecified atom stereocenters. The van der Waals surface area contributed by atoms with Crippen molar-refractivity contribution >= 4 is 18.3 Å². The molecule has 2 N–H and O–H groups in total. The van der Waals surface area contributed by atoms with E-state index >= 15 is 0 Å². The fraction of sp³-hybridized carbons (Fsp3) is 0.588. The van der Waals surface area contributed by atoms with Crippen LogP contribution in [0, 0.1) is 0 Å². The Balaban J connectivity index is 0.00000176. The number of carbonyl (C=O) groups is 1. The van der Waals surface area contributed by atoms with Gasteiger partial charge in [-0.15, -0.1) is 12.4 Å². The summed E-state index contributed by atoms with van der Waals surface area (Å²) in [5.41, 5.74) is 6.58. The van der Waals surface area contributed by atoms with Gasteiger partial charge in [0, 0.05) is 19.1 Å². The molecule has 3 rings (SSSR count). The van der Waals surface area contributed by atoms with E-state index < -0.39 is 0 Å². The van der Waals surface area contributed by atoms with Crippen molar-refractivity contribution in [2.45, 2.75) is 50.7 Å². The van der Waals surface area contributed by atoms with E-state index in [0.29, 0.717) is 12.1 Å². The first-order chi connectivity index (χ1) is 10.2. The second kappa shape index (κ2) is 7.84. The zero-order valence-corrected chi connectivity index (χ0v) is 13.7. The van der Waals surface area contributed by atoms with Gasteiger partial charge >= 0.3 is 0 Å². The molecule has 1 heterocycles. The quantitative estimate of drug-likeness (QED) is 0.930. The molecule has 1 aliphatic heterocycles. The van der Waals surface area contributed by atoms with Gasteiger partial charge in [-0.1, -0.05) is 18.6 Å². The van der Waals surface area contributed by atoms with Crippen molar-refractivity contribution in [1.82, 2.24) is 4.90 Å². The molecular weight excluding hydrogens is 300 g/mol. The third kappa shape index (κ3) is 3.93. The van der Waals surface area contributed by atoms with E-state index in [9.17, 15) is 4.79 Å². The van der Waals surface area contributed by atoms with Gasteiger partial charge in [-0.3, -0.25) is 4.79 Å². The molecule has 0 spiro atoms. The number of likely N-dealkylation sites (tertiary alicyclic amines) is 1. The molecular formula is C17H25ClN2O2. The maximum atomic E-state index is 12.6. The Morgan fingerprint density at radius 2 is 1.86 bits per heavy atom. The predicted octanol–water partition coefficient (Wildman–Crippen LogP) is 2.99. The monoisotopic (exact) mass is 324 g/mol. The molecule has 5 heteroatoms. The van der Waals surface area contributed by atoms with Crippen LogP contribution < -0.4 is 10.5 Å². The third-order valence-corrected chi connectivity index (χ3v) is 4.48. The number of hydrogen-bond donors (Lipinski definition) is 1. The van der Waals surface area contributed by atoms with Crippen molar-refractivity contribution in [2.24, 2.45) is 5.73 Å². The second-order valence-corrected chi connectivity index (χ2v) is 6.17. The Hall–Kier alpha value is -1.26. The lowest BCUT2D eigenvalue weighted by Gasteiger charge is -2.25. The highest BCUT2D eigenvalue weighted by atomic mass is 35.5. The SMILES string of the molecule is Cl.N[C@@H]1CCN(C(=O)c2ccccc2OC2CCCCC2)C1. The zero-order chi connectivity index (χ0) is 14.7. The van der Waals surface area contributed by atoms with Crippen LogP contribution in [0.2, 0.25) is 0 Å². The number of benzene rings is 1. The van der Waals surface area contributed by atoms with Crippen LogP contribution in [0.5, 0.6) is 5.75 Å². The molecule has 1 saturated heterocycles. The minimum atomic E-state index is 0. The lowest BCUT2D eigenvalue weighted by Crippen LogP contribution is -2.32. The molecule has 122 valence electrons. The highest BCUT2D eigenvalue weighted by Crippen LogP contribution is 2.27. The summed E-state index contributed by atoms with van der Waals surface area (Å²) < 4.78 is 6.12. The number of nitrogens with zero attached hydrogens (tertiary/aromatic N) is 1. The molecule has 0 radical (unpaired) electrons. The fourth-order valence-electron chi connectivity index (χ4n) is 3.25. The highest BCUT2D eigenvalue weighted by molar-refractivity contribution is 5.97. The van der Waals surface area contributed by atoms with Crippen molar-refractivity contribution in [1.29, 1.82) is 0 Å². The average Bonchev–Trinajstić information content (AvgIpc) is 2.95. The van der Waals surface area contributed by atoms with Gasteiger partial charge in [0.05, 0.1) is 11.7 Å². The van der Waals surface area contributed by atoms with Crippen LogP contribution in [0.25, 0.3) is 0 Å². The Kier molecular flexibility index (Phi) is 6.09. The molecule has 1 atom stereocenters. The molecule has 4 nitrogen and oxygen atoms in total. The minimum Gasteiger partial charge on any atom is -0.490 e. The summed E-state index contributed by atoms with van der Waals surface area (Å²) in [6, 6.07) is 7.73. The molecule has 1 aliphatic carbocycles. The number of nitrogens with two attached hydrogens (primary N) is 1. The summed E-state index contributed by atoms with van der Waals surface area (Å²) in [6.45, 7) is 1.40. The Morgan fingerprint density at radius 1 is 1.14 bits per heavy atom. The normalized spacial score (nSPS) is 22.2. The number of ether oxygens (including phenoxy) is 1. The molecule has 22 heavy (non-hydrogen) atoms. The Bertz CT molecular complexity index is 503. The number of para-hydroxylation sites is 1. The number of halogens is 1. The number of hydrogen-bond acceptors (Lipinski definition) is 3. The molecule has 1 saturated carbocycles. The van der Waals surface area contributed by atoms with Crippen LogP contribution in [0.3, 0.4) is 0 Å². The first kappa shape index (κ1) is 17.1. The van der Waals surface area contributed by atoms with Gasteiger partial charge < -0.3 is 15.4 Å². The number of amides is 1. The van der Waals surface area contributed by atoms with Crippen molar-refractivity contribution < 1.29 is 9.53 Å². The standard InChI is InChI=1S/C17H24N2O2.ClH/c18-13-10-11-19(12-13)17(20)15-8-4-5-9-16(15)21-14-6-2-1-3-7-14;/h4-5,8-9,13-14H,1-3,6-7,10-12,18H2;1H/t13-;/m1./s1. The number of carbonyl (C=O) groups excluding carboxylic acids is 1. The summed E-state index contributed by atoms with van der Waals surface area (Å²) in [5, 5.41) is 0. The van der Waals surface area contributed by atoms with Crippen molar-refractivity contribution in [2.75, 3.05) is 13.1 Å². The van der Waals surface area contributed by atoms with E-state index in [4.69, 9.17) is 10.5 Å². The van der Waals surface area contributed by atoms with Gasteiger partial charge in [-0.2, -0.15) is 0 Å². The van der Waals surface area contributed by atoms with Crippen LogP contribution in [-0.4, -0.2) is 36.0 Å². The lowest BCUT2D eigenvalue weighted by molar-refractivity contribution is 0.0780. The molecule has 2 aliphatic rings. The van der Waals surface area contributed by atoms with Crippen LogP contribution in [0.4, 0.5) is 0 Å². The summed E-state index contributed by atoms with van der Waals surface area (Å²) in [6.07, 6.45) is 7.08. The molecule has 0 bridgehead atoms. The van der Waals surface area contributed by atoms with Crippen molar-refractivity contribution in [3.63, 3.8) is 0 Å². The van der Waals surface area contributed by atoms with E-state index in [2.05, 4.69) is 0 Å². The fourth-order valence-corrected chi connectivity index (χ4v) is 3.25. The van der Waals surface area contributed by atoms with E-state index in [1.807, 2.05) is 29.2 Å². The van der Waals surface area contributed by atoms with Gasteiger partial charge in [0.2, 0.25) is 0 Å². The van der Waals surface area contributed by atoms with Crippen LogP contribution in [0.15, 0.2) is 24.3 Å². The minimum absolute atomic E-state index is 0. The van der Waals surface area contributed by atoms with Crippen LogP contribution in [-0.2, 0) is 0 Å². The second-order valence-electron chi connectivity index (χ2n) is 6.17. The molecule has 1 aromatic rings. The van der Waals surface area contributed by atoms with Gasteiger partial charge in [-0.25, -0.2) is 0 Å². The van der Waals surface area contributed by atoms with Gasteiger partial charge in [0.25, 0.3) is 5.91 Å². The van der Waals surface area contributed by atoms with Crippen molar-refractivity contribution in [3.05, 3.63) is 29.8 Å². The molecule has 0 aromatic heterocycles. The highest BCUT2D eigenvalue weighted by Gasteiger charge is 2.27. The lowest BCUT2D eigenvalue weighted by atomic mass is 9.97. The first-order valence-corrected chi connectivity index (χ1v) is 8.04. The summed E-state index contributed by atoms with van der Waals surface area (Å²) in [7, 11) is 0. The smallest absolute Gasteiger partial charge is 0.257 e. The molecule has 1 aromatic carbocycles.